The molecule has 0 bridgehead atoms. The van der Waals surface area contributed by atoms with Gasteiger partial charge in [0, 0.05) is 31.9 Å². The van der Waals surface area contributed by atoms with E-state index in [1.165, 1.54) is 7.11 Å². The van der Waals surface area contributed by atoms with Crippen LogP contribution >= 0.6 is 0 Å². The lowest BCUT2D eigenvalue weighted by Gasteiger charge is -2.28. The van der Waals surface area contributed by atoms with Crippen LogP contribution in [-0.4, -0.2) is 73.5 Å². The van der Waals surface area contributed by atoms with E-state index in [0.717, 1.165) is 30.9 Å². The minimum atomic E-state index is -5.08. The van der Waals surface area contributed by atoms with E-state index in [-0.39, 0.29) is 24.5 Å². The lowest BCUT2D eigenvalue weighted by molar-refractivity contribution is -0.192. The number of esters is 1. The van der Waals surface area contributed by atoms with Crippen LogP contribution in [0.3, 0.4) is 0 Å². The summed E-state index contributed by atoms with van der Waals surface area (Å²) in [6, 6.07) is 7.84. The lowest BCUT2D eigenvalue weighted by atomic mass is 10.1. The number of anilines is 1. The number of carbonyl (C=O) groups is 3. The smallest absolute Gasteiger partial charge is 0.475 e. The van der Waals surface area contributed by atoms with Gasteiger partial charge in [0.25, 0.3) is 0 Å². The van der Waals surface area contributed by atoms with Gasteiger partial charge < -0.3 is 20.1 Å². The lowest BCUT2D eigenvalue weighted by Crippen LogP contribution is -2.49. The standard InChI is InChI=1S/C15H19N3O3.C2HF3O2/c1-21-14(19)8-11-2-4-12(5-3-11)18-10-13-9-16-6-7-17(13)15(18)20;3-2(4,5)1(6)7/h2-5,13,16H,6-10H2,1H3;(H,6,7)/t13-;/m0./s1. The third-order valence-corrected chi connectivity index (χ3v) is 4.29. The number of benzene rings is 1. The number of ether oxygens (including phenoxy) is 1. The van der Waals surface area contributed by atoms with Crippen molar-refractivity contribution < 1.29 is 37.4 Å². The minimum Gasteiger partial charge on any atom is -0.475 e. The van der Waals surface area contributed by atoms with Crippen molar-refractivity contribution in [3.05, 3.63) is 29.8 Å². The van der Waals surface area contributed by atoms with Crippen molar-refractivity contribution in [2.75, 3.05) is 38.2 Å². The topological polar surface area (TPSA) is 99.2 Å². The van der Waals surface area contributed by atoms with Gasteiger partial charge in [0.15, 0.2) is 0 Å². The van der Waals surface area contributed by atoms with E-state index in [9.17, 15) is 22.8 Å². The molecule has 1 atom stereocenters. The molecular formula is C17H20F3N3O5. The van der Waals surface area contributed by atoms with Crippen molar-refractivity contribution in [1.29, 1.82) is 0 Å². The largest absolute Gasteiger partial charge is 0.490 e. The second kappa shape index (κ2) is 8.91. The SMILES string of the molecule is COC(=O)Cc1ccc(N2C[C@@H]3CNCCN3C2=O)cc1.O=C(O)C(F)(F)F. The fourth-order valence-electron chi connectivity index (χ4n) is 2.87. The number of alkyl halides is 3. The summed E-state index contributed by atoms with van der Waals surface area (Å²) in [6.45, 7) is 3.18. The number of piperazine rings is 1. The Kier molecular flexibility index (Phi) is 6.84. The second-order valence-corrected chi connectivity index (χ2v) is 6.17. The van der Waals surface area contributed by atoms with Crippen LogP contribution in [0.4, 0.5) is 23.7 Å². The molecule has 154 valence electrons. The molecule has 0 aromatic heterocycles. The van der Waals surface area contributed by atoms with Gasteiger partial charge in [-0.3, -0.25) is 9.69 Å². The Balaban J connectivity index is 0.000000345. The first kappa shape index (κ1) is 21.5. The molecule has 11 heteroatoms. The van der Waals surface area contributed by atoms with Crippen LogP contribution in [0.2, 0.25) is 0 Å². The predicted octanol–water partition coefficient (Wildman–Crippen LogP) is 1.25. The summed E-state index contributed by atoms with van der Waals surface area (Å²) in [7, 11) is 1.38. The van der Waals surface area contributed by atoms with Gasteiger partial charge in [-0.05, 0) is 17.7 Å². The van der Waals surface area contributed by atoms with Gasteiger partial charge in [0.2, 0.25) is 0 Å². The number of hydrogen-bond donors (Lipinski definition) is 2. The van der Waals surface area contributed by atoms with Crippen molar-refractivity contribution in [2.24, 2.45) is 0 Å². The maximum Gasteiger partial charge on any atom is 0.490 e. The van der Waals surface area contributed by atoms with Gasteiger partial charge in [0.1, 0.15) is 0 Å². The van der Waals surface area contributed by atoms with Crippen molar-refractivity contribution >= 4 is 23.7 Å². The number of nitrogens with zero attached hydrogens (tertiary/aromatic N) is 2. The molecule has 2 aliphatic heterocycles. The summed E-state index contributed by atoms with van der Waals surface area (Å²) in [6.07, 6.45) is -4.83. The van der Waals surface area contributed by atoms with Gasteiger partial charge in [0.05, 0.1) is 19.6 Å². The number of nitrogens with one attached hydrogen (secondary N) is 1. The number of rotatable bonds is 3. The molecule has 2 heterocycles. The van der Waals surface area contributed by atoms with Crippen molar-refractivity contribution in [2.45, 2.75) is 18.6 Å². The van der Waals surface area contributed by atoms with Crippen LogP contribution in [0, 0.1) is 0 Å². The summed E-state index contributed by atoms with van der Waals surface area (Å²) in [5.41, 5.74) is 1.76. The second-order valence-electron chi connectivity index (χ2n) is 6.17. The van der Waals surface area contributed by atoms with Crippen molar-refractivity contribution in [1.82, 2.24) is 10.2 Å². The molecule has 1 aromatic rings. The van der Waals surface area contributed by atoms with E-state index in [1.807, 2.05) is 29.2 Å². The Hall–Kier alpha value is -2.82. The van der Waals surface area contributed by atoms with Crippen LogP contribution in [0.25, 0.3) is 0 Å². The first-order valence-corrected chi connectivity index (χ1v) is 8.38. The molecule has 2 saturated heterocycles. The van der Waals surface area contributed by atoms with Crippen LogP contribution in [0.15, 0.2) is 24.3 Å². The number of carboxylic acid groups (broad SMARTS) is 1. The number of fused-ring (bicyclic) bond motifs is 1. The van der Waals surface area contributed by atoms with Gasteiger partial charge >= 0.3 is 24.1 Å². The summed E-state index contributed by atoms with van der Waals surface area (Å²) in [5.74, 6) is -3.02. The molecule has 2 fully saturated rings. The van der Waals surface area contributed by atoms with E-state index in [2.05, 4.69) is 10.1 Å². The Morgan fingerprint density at radius 3 is 2.39 bits per heavy atom. The van der Waals surface area contributed by atoms with Crippen LogP contribution in [0.1, 0.15) is 5.56 Å². The molecular weight excluding hydrogens is 383 g/mol. The summed E-state index contributed by atoms with van der Waals surface area (Å²) in [4.78, 5) is 36.3. The number of halogens is 3. The number of carboxylic acids is 1. The number of aliphatic carboxylic acids is 1. The van der Waals surface area contributed by atoms with E-state index in [4.69, 9.17) is 9.90 Å². The summed E-state index contributed by atoms with van der Waals surface area (Å²) < 4.78 is 36.4. The highest BCUT2D eigenvalue weighted by molar-refractivity contribution is 5.94. The highest BCUT2D eigenvalue weighted by atomic mass is 19.4. The zero-order valence-corrected chi connectivity index (χ0v) is 15.0. The summed E-state index contributed by atoms with van der Waals surface area (Å²) in [5, 5.41) is 10.4. The van der Waals surface area contributed by atoms with Gasteiger partial charge in [-0.25, -0.2) is 9.59 Å². The predicted molar refractivity (Wildman–Crippen MR) is 92.0 cm³/mol. The molecule has 3 rings (SSSR count). The van der Waals surface area contributed by atoms with E-state index >= 15 is 0 Å². The maximum absolute atomic E-state index is 12.4. The molecule has 0 saturated carbocycles. The monoisotopic (exact) mass is 403 g/mol. The number of carbonyl (C=O) groups excluding carboxylic acids is 2. The fourth-order valence-corrected chi connectivity index (χ4v) is 2.87. The molecule has 1 aromatic carbocycles. The highest BCUT2D eigenvalue weighted by Gasteiger charge is 2.39. The zero-order chi connectivity index (χ0) is 20.9. The Labute approximate surface area is 158 Å². The third-order valence-electron chi connectivity index (χ3n) is 4.29. The molecule has 0 unspecified atom stereocenters. The van der Waals surface area contributed by atoms with Crippen molar-refractivity contribution in [3.8, 4) is 0 Å². The Morgan fingerprint density at radius 1 is 1.29 bits per heavy atom. The fraction of sp³-hybridized carbons (Fsp3) is 0.471. The normalized spacial score (nSPS) is 18.9. The molecule has 2 N–H and O–H groups in total. The maximum atomic E-state index is 12.4. The zero-order valence-electron chi connectivity index (χ0n) is 15.0. The molecule has 0 aliphatic carbocycles. The van der Waals surface area contributed by atoms with Crippen molar-refractivity contribution in [3.63, 3.8) is 0 Å². The average molecular weight is 403 g/mol. The molecule has 28 heavy (non-hydrogen) atoms. The van der Waals surface area contributed by atoms with E-state index in [0.29, 0.717) is 6.54 Å². The number of hydrogen-bond acceptors (Lipinski definition) is 5. The van der Waals surface area contributed by atoms with Crippen LogP contribution < -0.4 is 10.2 Å². The van der Waals surface area contributed by atoms with Gasteiger partial charge in [-0.2, -0.15) is 13.2 Å². The number of amides is 2. The molecule has 8 nitrogen and oxygen atoms in total. The van der Waals surface area contributed by atoms with Crippen LogP contribution in [-0.2, 0) is 20.7 Å². The third kappa shape index (κ3) is 5.35. The average Bonchev–Trinajstić information content (AvgIpc) is 2.99. The number of urea groups is 1. The minimum absolute atomic E-state index is 0.0715. The first-order valence-electron chi connectivity index (χ1n) is 8.38. The van der Waals surface area contributed by atoms with Gasteiger partial charge in [-0.15, -0.1) is 0 Å². The Bertz CT molecular complexity index is 724. The summed E-state index contributed by atoms with van der Waals surface area (Å²) >= 11 is 0. The van der Waals surface area contributed by atoms with Gasteiger partial charge in [-0.1, -0.05) is 12.1 Å². The number of methoxy groups -OCH3 is 1. The Morgan fingerprint density at radius 2 is 1.89 bits per heavy atom. The van der Waals surface area contributed by atoms with Crippen LogP contribution in [0.5, 0.6) is 0 Å². The van der Waals surface area contributed by atoms with E-state index < -0.39 is 12.1 Å². The first-order chi connectivity index (χ1) is 13.1. The quantitative estimate of drug-likeness (QED) is 0.737. The highest BCUT2D eigenvalue weighted by Crippen LogP contribution is 2.25. The molecule has 0 spiro atoms. The molecule has 2 amide bonds. The van der Waals surface area contributed by atoms with E-state index in [1.54, 1.807) is 4.90 Å². The molecule has 2 aliphatic rings. The molecule has 0 radical (unpaired) electrons.